The molecule has 0 unspecified atom stereocenters. The van der Waals surface area contributed by atoms with E-state index >= 15 is 0 Å². The number of carbonyl (C=O) groups is 2. The molecule has 1 saturated heterocycles. The molecule has 0 saturated carbocycles. The Morgan fingerprint density at radius 3 is 2.46 bits per heavy atom. The van der Waals surface area contributed by atoms with Crippen molar-refractivity contribution in [3.05, 3.63) is 57.5 Å². The molecule has 1 aliphatic heterocycles. The van der Waals surface area contributed by atoms with E-state index in [1.54, 1.807) is 29.8 Å². The fraction of sp³-hybridized carbons (Fsp3) is 0.381. The number of aromatic nitrogens is 1. The van der Waals surface area contributed by atoms with E-state index in [1.807, 2.05) is 19.1 Å². The lowest BCUT2D eigenvalue weighted by molar-refractivity contribution is -0.114. The summed E-state index contributed by atoms with van der Waals surface area (Å²) in [4.78, 5) is 37.5. The molecule has 7 heteroatoms. The third-order valence-electron chi connectivity index (χ3n) is 4.99. The lowest BCUT2D eigenvalue weighted by atomic mass is 10.0. The summed E-state index contributed by atoms with van der Waals surface area (Å²) in [5, 5.41) is 8.79. The van der Waals surface area contributed by atoms with Gasteiger partial charge in [0.05, 0.1) is 11.4 Å². The summed E-state index contributed by atoms with van der Waals surface area (Å²) in [6.07, 6.45) is 3.49. The molecule has 1 aliphatic rings. The molecule has 1 fully saturated rings. The van der Waals surface area contributed by atoms with Crippen LogP contribution in [-0.4, -0.2) is 29.5 Å². The van der Waals surface area contributed by atoms with Gasteiger partial charge in [-0.1, -0.05) is 6.07 Å². The van der Waals surface area contributed by atoms with Gasteiger partial charge in [0.2, 0.25) is 5.91 Å². The molecule has 0 bridgehead atoms. The molecular formula is C21H26N4O3. The minimum absolute atomic E-state index is 0.0924. The summed E-state index contributed by atoms with van der Waals surface area (Å²) >= 11 is 0. The van der Waals surface area contributed by atoms with Crippen LogP contribution in [0.1, 0.15) is 47.3 Å². The second-order valence-electron chi connectivity index (χ2n) is 7.25. The minimum Gasteiger partial charge on any atom is -0.325 e. The number of pyridine rings is 1. The SMILES string of the molecule is CC(=O)Nc1ccc(C)cc1NC(=O)c1c(C)ccn(C2CCNCC2)c1=O. The van der Waals surface area contributed by atoms with Gasteiger partial charge < -0.3 is 20.5 Å². The molecule has 2 amide bonds. The van der Waals surface area contributed by atoms with Gasteiger partial charge in [-0.3, -0.25) is 14.4 Å². The Bertz CT molecular complexity index is 959. The fourth-order valence-corrected chi connectivity index (χ4v) is 3.53. The summed E-state index contributed by atoms with van der Waals surface area (Å²) in [7, 11) is 0. The quantitative estimate of drug-likeness (QED) is 0.758. The maximum Gasteiger partial charge on any atom is 0.263 e. The van der Waals surface area contributed by atoms with Gasteiger partial charge in [-0.25, -0.2) is 0 Å². The first-order chi connectivity index (χ1) is 13.4. The molecule has 3 N–H and O–H groups in total. The van der Waals surface area contributed by atoms with Crippen LogP contribution in [0.15, 0.2) is 35.3 Å². The van der Waals surface area contributed by atoms with Gasteiger partial charge in [-0.15, -0.1) is 0 Å². The van der Waals surface area contributed by atoms with Gasteiger partial charge in [0.25, 0.3) is 11.5 Å². The number of piperidine rings is 1. The van der Waals surface area contributed by atoms with Gasteiger partial charge >= 0.3 is 0 Å². The Morgan fingerprint density at radius 1 is 1.07 bits per heavy atom. The van der Waals surface area contributed by atoms with Crippen molar-refractivity contribution in [2.24, 2.45) is 0 Å². The second kappa shape index (κ2) is 8.39. The van der Waals surface area contributed by atoms with Crippen LogP contribution in [0.2, 0.25) is 0 Å². The molecule has 0 spiro atoms. The van der Waals surface area contributed by atoms with Crippen molar-refractivity contribution in [3.8, 4) is 0 Å². The van der Waals surface area contributed by atoms with Crippen molar-refractivity contribution in [1.29, 1.82) is 0 Å². The molecule has 0 atom stereocenters. The molecule has 1 aromatic heterocycles. The number of rotatable bonds is 4. The highest BCUT2D eigenvalue weighted by Crippen LogP contribution is 2.24. The molecule has 2 heterocycles. The Morgan fingerprint density at radius 2 is 1.79 bits per heavy atom. The maximum atomic E-state index is 13.1. The van der Waals surface area contributed by atoms with E-state index in [0.29, 0.717) is 16.9 Å². The highest BCUT2D eigenvalue weighted by molar-refractivity contribution is 6.07. The van der Waals surface area contributed by atoms with Crippen molar-refractivity contribution in [3.63, 3.8) is 0 Å². The van der Waals surface area contributed by atoms with Gasteiger partial charge in [-0.05, 0) is 69.1 Å². The number of carbonyl (C=O) groups excluding carboxylic acids is 2. The highest BCUT2D eigenvalue weighted by atomic mass is 16.2. The van der Waals surface area contributed by atoms with E-state index in [-0.39, 0.29) is 23.1 Å². The van der Waals surface area contributed by atoms with Gasteiger partial charge in [-0.2, -0.15) is 0 Å². The van der Waals surface area contributed by atoms with Crippen molar-refractivity contribution in [2.45, 2.75) is 39.7 Å². The molecule has 28 heavy (non-hydrogen) atoms. The minimum atomic E-state index is -0.469. The fourth-order valence-electron chi connectivity index (χ4n) is 3.53. The van der Waals surface area contributed by atoms with Crippen molar-refractivity contribution >= 4 is 23.2 Å². The van der Waals surface area contributed by atoms with Crippen molar-refractivity contribution in [1.82, 2.24) is 9.88 Å². The first kappa shape index (κ1) is 19.8. The van der Waals surface area contributed by atoms with Crippen LogP contribution in [0, 0.1) is 13.8 Å². The summed E-state index contributed by atoms with van der Waals surface area (Å²) in [5.41, 5.74) is 2.38. The summed E-state index contributed by atoms with van der Waals surface area (Å²) < 4.78 is 1.67. The first-order valence-electron chi connectivity index (χ1n) is 9.49. The van der Waals surface area contributed by atoms with Crippen LogP contribution < -0.4 is 21.5 Å². The highest BCUT2D eigenvalue weighted by Gasteiger charge is 2.22. The van der Waals surface area contributed by atoms with E-state index in [1.165, 1.54) is 6.92 Å². The number of amides is 2. The van der Waals surface area contributed by atoms with E-state index in [9.17, 15) is 14.4 Å². The number of anilines is 2. The van der Waals surface area contributed by atoms with Crippen LogP contribution in [0.5, 0.6) is 0 Å². The number of hydrogen-bond donors (Lipinski definition) is 3. The monoisotopic (exact) mass is 382 g/mol. The lowest BCUT2D eigenvalue weighted by Gasteiger charge is -2.25. The van der Waals surface area contributed by atoms with E-state index in [0.717, 1.165) is 31.5 Å². The molecular weight excluding hydrogens is 356 g/mol. The standard InChI is InChI=1S/C21H26N4O3/c1-13-4-5-17(23-15(3)26)18(12-13)24-20(27)19-14(2)8-11-25(21(19)28)16-6-9-22-10-7-16/h4-5,8,11-12,16,22H,6-7,9-10H2,1-3H3,(H,23,26)(H,24,27). The van der Waals surface area contributed by atoms with Crippen LogP contribution in [0.4, 0.5) is 11.4 Å². The molecule has 7 nitrogen and oxygen atoms in total. The lowest BCUT2D eigenvalue weighted by Crippen LogP contribution is -2.37. The summed E-state index contributed by atoms with van der Waals surface area (Å²) in [6.45, 7) is 6.77. The first-order valence-corrected chi connectivity index (χ1v) is 9.49. The number of nitrogens with zero attached hydrogens (tertiary/aromatic N) is 1. The molecule has 0 aliphatic carbocycles. The molecule has 148 valence electrons. The van der Waals surface area contributed by atoms with Crippen molar-refractivity contribution < 1.29 is 9.59 Å². The Hall–Kier alpha value is -2.93. The smallest absolute Gasteiger partial charge is 0.263 e. The van der Waals surface area contributed by atoms with E-state index in [2.05, 4.69) is 16.0 Å². The third kappa shape index (κ3) is 4.31. The van der Waals surface area contributed by atoms with Crippen LogP contribution in [0.3, 0.4) is 0 Å². The molecule has 2 aromatic rings. The largest absolute Gasteiger partial charge is 0.325 e. The Kier molecular flexibility index (Phi) is 5.94. The Balaban J connectivity index is 1.94. The molecule has 1 aromatic carbocycles. The maximum absolute atomic E-state index is 13.1. The predicted octanol–water partition coefficient (Wildman–Crippen LogP) is 2.60. The number of nitrogens with one attached hydrogen (secondary N) is 3. The topological polar surface area (TPSA) is 92.2 Å². The number of aryl methyl sites for hydroxylation is 2. The third-order valence-corrected chi connectivity index (χ3v) is 4.99. The summed E-state index contributed by atoms with van der Waals surface area (Å²) in [5.74, 6) is -0.702. The zero-order valence-electron chi connectivity index (χ0n) is 16.5. The second-order valence-corrected chi connectivity index (χ2v) is 7.25. The molecule has 0 radical (unpaired) electrons. The summed E-state index contributed by atoms with van der Waals surface area (Å²) in [6, 6.07) is 7.25. The van der Waals surface area contributed by atoms with E-state index in [4.69, 9.17) is 0 Å². The van der Waals surface area contributed by atoms with Gasteiger partial charge in [0.1, 0.15) is 5.56 Å². The average Bonchev–Trinajstić information content (AvgIpc) is 2.64. The molecule has 3 rings (SSSR count). The number of hydrogen-bond acceptors (Lipinski definition) is 4. The van der Waals surface area contributed by atoms with Crippen LogP contribution >= 0.6 is 0 Å². The Labute approximate surface area is 164 Å². The van der Waals surface area contributed by atoms with Crippen LogP contribution in [0.25, 0.3) is 0 Å². The van der Waals surface area contributed by atoms with Crippen molar-refractivity contribution in [2.75, 3.05) is 23.7 Å². The van der Waals surface area contributed by atoms with Gasteiger partial charge in [0, 0.05) is 19.2 Å². The van der Waals surface area contributed by atoms with Gasteiger partial charge in [0.15, 0.2) is 0 Å². The average molecular weight is 382 g/mol. The van der Waals surface area contributed by atoms with E-state index < -0.39 is 5.91 Å². The zero-order chi connectivity index (χ0) is 20.3. The van der Waals surface area contributed by atoms with Crippen LogP contribution in [-0.2, 0) is 4.79 Å². The zero-order valence-corrected chi connectivity index (χ0v) is 16.5. The number of benzene rings is 1. The normalized spacial score (nSPS) is 14.5. The predicted molar refractivity (Wildman–Crippen MR) is 110 cm³/mol.